The fourth-order valence-corrected chi connectivity index (χ4v) is 3.60. The molecule has 2 N–H and O–H groups in total. The van der Waals surface area contributed by atoms with Gasteiger partial charge in [-0.05, 0) is 71.8 Å². The first-order valence-corrected chi connectivity index (χ1v) is 10.1. The second kappa shape index (κ2) is 9.04. The second-order valence-electron chi connectivity index (χ2n) is 6.74. The van der Waals surface area contributed by atoms with Gasteiger partial charge in [-0.15, -0.1) is 0 Å². The first-order chi connectivity index (χ1) is 13.8. The Balaban J connectivity index is 1.88. The van der Waals surface area contributed by atoms with Gasteiger partial charge in [-0.3, -0.25) is 14.9 Å². The standard InChI is InChI=1S/C22H20IN3O3/c1-14-4-3-5-16(10-14)13-24-22(27)19-12-18(26(28)29)7-9-21(19)25-20-8-6-17(23)11-15(20)2/h3-12,25H,13H2,1-2H3,(H,24,27). The number of hydrogen-bond donors (Lipinski definition) is 2. The first kappa shape index (κ1) is 20.8. The largest absolute Gasteiger partial charge is 0.355 e. The predicted octanol–water partition coefficient (Wildman–Crippen LogP) is 5.49. The molecule has 3 rings (SSSR count). The van der Waals surface area contributed by atoms with E-state index in [1.54, 1.807) is 6.07 Å². The van der Waals surface area contributed by atoms with Gasteiger partial charge in [0.1, 0.15) is 0 Å². The molecule has 0 atom stereocenters. The number of carbonyl (C=O) groups excluding carboxylic acids is 1. The van der Waals surface area contributed by atoms with E-state index in [1.807, 2.05) is 56.3 Å². The average Bonchev–Trinajstić information content (AvgIpc) is 2.68. The van der Waals surface area contributed by atoms with E-state index in [2.05, 4.69) is 33.2 Å². The van der Waals surface area contributed by atoms with Crippen LogP contribution in [-0.4, -0.2) is 10.8 Å². The van der Waals surface area contributed by atoms with Crippen LogP contribution >= 0.6 is 22.6 Å². The molecule has 0 spiro atoms. The lowest BCUT2D eigenvalue weighted by Gasteiger charge is -2.14. The lowest BCUT2D eigenvalue weighted by atomic mass is 10.1. The molecule has 0 saturated heterocycles. The van der Waals surface area contributed by atoms with E-state index in [1.165, 1.54) is 12.1 Å². The number of hydrogen-bond acceptors (Lipinski definition) is 4. The third kappa shape index (κ3) is 5.32. The highest BCUT2D eigenvalue weighted by atomic mass is 127. The normalized spacial score (nSPS) is 10.4. The van der Waals surface area contributed by atoms with Crippen LogP contribution in [0.5, 0.6) is 0 Å². The summed E-state index contributed by atoms with van der Waals surface area (Å²) in [7, 11) is 0. The topological polar surface area (TPSA) is 84.3 Å². The Morgan fingerprint density at radius 2 is 1.79 bits per heavy atom. The molecule has 0 aliphatic carbocycles. The summed E-state index contributed by atoms with van der Waals surface area (Å²) in [5.74, 6) is -0.374. The summed E-state index contributed by atoms with van der Waals surface area (Å²) in [5, 5.41) is 17.3. The molecule has 6 nitrogen and oxygen atoms in total. The molecule has 0 fully saturated rings. The monoisotopic (exact) mass is 501 g/mol. The molecule has 0 saturated carbocycles. The van der Waals surface area contributed by atoms with Crippen molar-refractivity contribution in [2.45, 2.75) is 20.4 Å². The molecule has 0 unspecified atom stereocenters. The van der Waals surface area contributed by atoms with E-state index >= 15 is 0 Å². The van der Waals surface area contributed by atoms with Crippen LogP contribution in [0.2, 0.25) is 0 Å². The van der Waals surface area contributed by atoms with Crippen molar-refractivity contribution >= 4 is 45.6 Å². The lowest BCUT2D eigenvalue weighted by Crippen LogP contribution is -2.24. The van der Waals surface area contributed by atoms with Crippen molar-refractivity contribution in [3.8, 4) is 0 Å². The number of nitrogens with zero attached hydrogens (tertiary/aromatic N) is 1. The van der Waals surface area contributed by atoms with Crippen LogP contribution in [0.3, 0.4) is 0 Å². The first-order valence-electron chi connectivity index (χ1n) is 8.99. The number of nitrogens with one attached hydrogen (secondary N) is 2. The summed E-state index contributed by atoms with van der Waals surface area (Å²) in [4.78, 5) is 23.6. The highest BCUT2D eigenvalue weighted by Gasteiger charge is 2.17. The van der Waals surface area contributed by atoms with Crippen LogP contribution in [-0.2, 0) is 6.54 Å². The Morgan fingerprint density at radius 1 is 1.03 bits per heavy atom. The summed E-state index contributed by atoms with van der Waals surface area (Å²) in [6.45, 7) is 4.29. The fourth-order valence-electron chi connectivity index (χ4n) is 2.95. The SMILES string of the molecule is Cc1cccc(CNC(=O)c2cc([N+](=O)[O-])ccc2Nc2ccc(I)cc2C)c1. The van der Waals surface area contributed by atoms with Crippen molar-refractivity contribution in [3.63, 3.8) is 0 Å². The van der Waals surface area contributed by atoms with Gasteiger partial charge in [-0.2, -0.15) is 0 Å². The van der Waals surface area contributed by atoms with Crippen LogP contribution in [0.1, 0.15) is 27.0 Å². The molecular formula is C22H20IN3O3. The summed E-state index contributed by atoms with van der Waals surface area (Å²) < 4.78 is 1.10. The van der Waals surface area contributed by atoms with Gasteiger partial charge >= 0.3 is 0 Å². The Kier molecular flexibility index (Phi) is 6.48. The number of aryl methyl sites for hydroxylation is 2. The Morgan fingerprint density at radius 3 is 2.48 bits per heavy atom. The third-order valence-electron chi connectivity index (χ3n) is 4.45. The van der Waals surface area contributed by atoms with Crippen molar-refractivity contribution in [1.82, 2.24) is 5.32 Å². The van der Waals surface area contributed by atoms with E-state index in [-0.39, 0.29) is 17.2 Å². The quantitative estimate of drug-likeness (QED) is 0.266. The van der Waals surface area contributed by atoms with Gasteiger partial charge in [0.05, 0.1) is 16.2 Å². The predicted molar refractivity (Wildman–Crippen MR) is 123 cm³/mol. The summed E-state index contributed by atoms with van der Waals surface area (Å²) in [6, 6.07) is 18.0. The van der Waals surface area contributed by atoms with E-state index in [4.69, 9.17) is 0 Å². The van der Waals surface area contributed by atoms with Gasteiger partial charge in [0, 0.05) is 27.9 Å². The van der Waals surface area contributed by atoms with Gasteiger partial charge in [-0.1, -0.05) is 29.8 Å². The van der Waals surface area contributed by atoms with Crippen LogP contribution in [0.25, 0.3) is 0 Å². The van der Waals surface area contributed by atoms with Crippen LogP contribution < -0.4 is 10.6 Å². The number of halogens is 1. The Labute approximate surface area is 182 Å². The molecular weight excluding hydrogens is 481 g/mol. The second-order valence-corrected chi connectivity index (χ2v) is 7.99. The number of benzene rings is 3. The highest BCUT2D eigenvalue weighted by molar-refractivity contribution is 14.1. The summed E-state index contributed by atoms with van der Waals surface area (Å²) >= 11 is 2.23. The third-order valence-corrected chi connectivity index (χ3v) is 5.12. The highest BCUT2D eigenvalue weighted by Crippen LogP contribution is 2.28. The van der Waals surface area contributed by atoms with Crippen LogP contribution in [0.15, 0.2) is 60.7 Å². The molecule has 3 aromatic rings. The maximum Gasteiger partial charge on any atom is 0.270 e. The molecule has 3 aromatic carbocycles. The van der Waals surface area contributed by atoms with E-state index in [0.29, 0.717) is 12.2 Å². The minimum absolute atomic E-state index is 0.129. The van der Waals surface area contributed by atoms with Gasteiger partial charge in [-0.25, -0.2) is 0 Å². The number of amides is 1. The van der Waals surface area contributed by atoms with Gasteiger partial charge in [0.2, 0.25) is 0 Å². The van der Waals surface area contributed by atoms with Gasteiger partial charge in [0.15, 0.2) is 0 Å². The molecule has 29 heavy (non-hydrogen) atoms. The van der Waals surface area contributed by atoms with Gasteiger partial charge in [0.25, 0.3) is 11.6 Å². The van der Waals surface area contributed by atoms with Crippen molar-refractivity contribution < 1.29 is 9.72 Å². The molecule has 148 valence electrons. The van der Waals surface area contributed by atoms with E-state index < -0.39 is 4.92 Å². The minimum atomic E-state index is -0.503. The minimum Gasteiger partial charge on any atom is -0.355 e. The average molecular weight is 501 g/mol. The molecule has 0 heterocycles. The number of carbonyl (C=O) groups is 1. The fraction of sp³-hybridized carbons (Fsp3) is 0.136. The number of rotatable bonds is 6. The van der Waals surface area contributed by atoms with Crippen molar-refractivity contribution in [2.75, 3.05) is 5.32 Å². The molecule has 1 amide bonds. The number of nitro groups is 1. The summed E-state index contributed by atoms with van der Waals surface area (Å²) in [5.41, 5.74) is 4.53. The zero-order valence-electron chi connectivity index (χ0n) is 16.0. The molecule has 0 aliphatic rings. The molecule has 0 aliphatic heterocycles. The number of nitro benzene ring substituents is 1. The molecule has 0 bridgehead atoms. The molecule has 0 aromatic heterocycles. The summed E-state index contributed by atoms with van der Waals surface area (Å²) in [6.07, 6.45) is 0. The Hall–Kier alpha value is -2.94. The van der Waals surface area contributed by atoms with E-state index in [0.717, 1.165) is 25.9 Å². The van der Waals surface area contributed by atoms with Crippen LogP contribution in [0, 0.1) is 27.5 Å². The zero-order chi connectivity index (χ0) is 21.0. The van der Waals surface area contributed by atoms with Gasteiger partial charge < -0.3 is 10.6 Å². The Bertz CT molecular complexity index is 1080. The molecule has 0 radical (unpaired) electrons. The smallest absolute Gasteiger partial charge is 0.270 e. The lowest BCUT2D eigenvalue weighted by molar-refractivity contribution is -0.384. The van der Waals surface area contributed by atoms with Crippen molar-refractivity contribution in [3.05, 3.63) is 96.6 Å². The maximum absolute atomic E-state index is 12.9. The number of non-ortho nitro benzene ring substituents is 1. The number of anilines is 2. The van der Waals surface area contributed by atoms with E-state index in [9.17, 15) is 14.9 Å². The van der Waals surface area contributed by atoms with Crippen molar-refractivity contribution in [2.24, 2.45) is 0 Å². The van der Waals surface area contributed by atoms with Crippen molar-refractivity contribution in [1.29, 1.82) is 0 Å². The zero-order valence-corrected chi connectivity index (χ0v) is 18.2. The van der Waals surface area contributed by atoms with Crippen LogP contribution in [0.4, 0.5) is 17.1 Å². The molecule has 7 heteroatoms. The maximum atomic E-state index is 12.9.